The number of rotatable bonds is 7. The lowest BCUT2D eigenvalue weighted by atomic mass is 9.97. The fourth-order valence-corrected chi connectivity index (χ4v) is 2.61. The van der Waals surface area contributed by atoms with E-state index in [0.29, 0.717) is 18.9 Å². The minimum atomic E-state index is -0.587. The summed E-state index contributed by atoms with van der Waals surface area (Å²) in [4.78, 5) is 24.0. The highest BCUT2D eigenvalue weighted by atomic mass is 16.5. The normalized spacial score (nSPS) is 18.9. The molecule has 1 rings (SSSR count). The maximum Gasteiger partial charge on any atom is 0.328 e. The van der Waals surface area contributed by atoms with Gasteiger partial charge in [-0.1, -0.05) is 39.5 Å². The summed E-state index contributed by atoms with van der Waals surface area (Å²) in [5.74, 6) is -0.0657. The lowest BCUT2D eigenvalue weighted by molar-refractivity contribution is -0.148. The number of amides is 1. The Morgan fingerprint density at radius 3 is 2.40 bits per heavy atom. The van der Waals surface area contributed by atoms with Crippen LogP contribution in [-0.4, -0.2) is 30.6 Å². The second-order valence-electron chi connectivity index (χ2n) is 5.97. The second-order valence-corrected chi connectivity index (χ2v) is 5.97. The lowest BCUT2D eigenvalue weighted by Gasteiger charge is -2.23. The van der Waals surface area contributed by atoms with Gasteiger partial charge in [0.15, 0.2) is 0 Å². The van der Waals surface area contributed by atoms with Crippen LogP contribution < -0.4 is 11.1 Å². The van der Waals surface area contributed by atoms with Gasteiger partial charge in [-0.25, -0.2) is 4.79 Å². The molecule has 1 fully saturated rings. The molecule has 1 saturated carbocycles. The van der Waals surface area contributed by atoms with Crippen LogP contribution in [0.25, 0.3) is 0 Å². The summed E-state index contributed by atoms with van der Waals surface area (Å²) < 4.78 is 5.06. The first-order chi connectivity index (χ1) is 9.45. The highest BCUT2D eigenvalue weighted by Gasteiger charge is 2.29. The fourth-order valence-electron chi connectivity index (χ4n) is 2.61. The summed E-state index contributed by atoms with van der Waals surface area (Å²) in [6.45, 7) is 5.87. The van der Waals surface area contributed by atoms with Gasteiger partial charge in [0.05, 0.1) is 12.6 Å². The molecule has 1 amide bonds. The first-order valence-electron chi connectivity index (χ1n) is 7.68. The molecule has 0 aromatic heterocycles. The Kier molecular flexibility index (Phi) is 6.99. The van der Waals surface area contributed by atoms with E-state index in [1.807, 2.05) is 13.8 Å². The van der Waals surface area contributed by atoms with Crippen LogP contribution in [0.5, 0.6) is 0 Å². The van der Waals surface area contributed by atoms with Crippen LogP contribution in [0.15, 0.2) is 0 Å². The molecule has 20 heavy (non-hydrogen) atoms. The topological polar surface area (TPSA) is 81.4 Å². The van der Waals surface area contributed by atoms with Crippen molar-refractivity contribution in [1.29, 1.82) is 0 Å². The molecular formula is C15H28N2O3. The minimum absolute atomic E-state index is 0.0457. The van der Waals surface area contributed by atoms with Crippen molar-refractivity contribution in [2.75, 3.05) is 6.61 Å². The number of hydrogen-bond donors (Lipinski definition) is 2. The van der Waals surface area contributed by atoms with Crippen LogP contribution in [0.2, 0.25) is 0 Å². The van der Waals surface area contributed by atoms with Crippen LogP contribution in [0.1, 0.15) is 52.9 Å². The molecule has 0 bridgehead atoms. The van der Waals surface area contributed by atoms with Gasteiger partial charge in [0, 0.05) is 0 Å². The Bertz CT molecular complexity index is 325. The lowest BCUT2D eigenvalue weighted by Crippen LogP contribution is -2.51. The van der Waals surface area contributed by atoms with E-state index in [0.717, 1.165) is 12.8 Å². The third-order valence-electron chi connectivity index (χ3n) is 3.95. The van der Waals surface area contributed by atoms with E-state index in [1.54, 1.807) is 6.92 Å². The highest BCUT2D eigenvalue weighted by Crippen LogP contribution is 2.28. The minimum Gasteiger partial charge on any atom is -0.464 e. The zero-order valence-corrected chi connectivity index (χ0v) is 12.9. The molecule has 0 aliphatic heterocycles. The van der Waals surface area contributed by atoms with Gasteiger partial charge in [-0.3, -0.25) is 4.79 Å². The zero-order chi connectivity index (χ0) is 15.1. The standard InChI is InChI=1S/C15H28N2O3/c1-4-20-15(19)12(9-11-7-5-6-8-11)17-14(18)13(16)10(2)3/h10-13H,4-9,16H2,1-3H3,(H,17,18)/t12-,13-/m0/s1. The maximum atomic E-state index is 12.0. The predicted octanol–water partition coefficient (Wildman–Crippen LogP) is 1.60. The van der Waals surface area contributed by atoms with Crippen LogP contribution in [0, 0.1) is 11.8 Å². The molecule has 0 unspecified atom stereocenters. The van der Waals surface area contributed by atoms with Crippen molar-refractivity contribution in [3.05, 3.63) is 0 Å². The average molecular weight is 284 g/mol. The first kappa shape index (κ1) is 17.0. The third-order valence-corrected chi connectivity index (χ3v) is 3.95. The smallest absolute Gasteiger partial charge is 0.328 e. The molecule has 2 atom stereocenters. The number of carbonyl (C=O) groups is 2. The number of nitrogens with one attached hydrogen (secondary N) is 1. The molecular weight excluding hydrogens is 256 g/mol. The molecule has 1 aliphatic rings. The van der Waals surface area contributed by atoms with Gasteiger partial charge in [0.2, 0.25) is 5.91 Å². The van der Waals surface area contributed by atoms with Crippen molar-refractivity contribution in [3.8, 4) is 0 Å². The summed E-state index contributed by atoms with van der Waals surface area (Å²) in [6.07, 6.45) is 5.33. The number of nitrogens with two attached hydrogens (primary N) is 1. The van der Waals surface area contributed by atoms with Crippen LogP contribution in [0.3, 0.4) is 0 Å². The van der Waals surface area contributed by atoms with Gasteiger partial charge >= 0.3 is 5.97 Å². The summed E-state index contributed by atoms with van der Waals surface area (Å²) in [5.41, 5.74) is 5.83. The molecule has 0 aromatic carbocycles. The van der Waals surface area contributed by atoms with Crippen molar-refractivity contribution in [2.24, 2.45) is 17.6 Å². The Balaban J connectivity index is 2.61. The molecule has 0 heterocycles. The Labute approximate surface area is 121 Å². The van der Waals surface area contributed by atoms with Crippen LogP contribution in [-0.2, 0) is 14.3 Å². The van der Waals surface area contributed by atoms with Crippen LogP contribution >= 0.6 is 0 Å². The number of esters is 1. The quantitative estimate of drug-likeness (QED) is 0.696. The van der Waals surface area contributed by atoms with E-state index in [-0.39, 0.29) is 17.8 Å². The van der Waals surface area contributed by atoms with E-state index < -0.39 is 12.1 Å². The van der Waals surface area contributed by atoms with Gasteiger partial charge in [-0.05, 0) is 25.2 Å². The third kappa shape index (κ3) is 5.12. The SMILES string of the molecule is CCOC(=O)[C@H](CC1CCCC1)NC(=O)[C@@H](N)C(C)C. The van der Waals surface area contributed by atoms with E-state index in [1.165, 1.54) is 12.8 Å². The molecule has 0 saturated heterocycles. The fraction of sp³-hybridized carbons (Fsp3) is 0.867. The van der Waals surface area contributed by atoms with Crippen molar-refractivity contribution in [1.82, 2.24) is 5.32 Å². The monoisotopic (exact) mass is 284 g/mol. The van der Waals surface area contributed by atoms with Gasteiger partial charge in [0.1, 0.15) is 6.04 Å². The summed E-state index contributed by atoms with van der Waals surface area (Å²) >= 11 is 0. The maximum absolute atomic E-state index is 12.0. The molecule has 3 N–H and O–H groups in total. The summed E-state index contributed by atoms with van der Waals surface area (Å²) in [7, 11) is 0. The largest absolute Gasteiger partial charge is 0.464 e. The molecule has 0 spiro atoms. The first-order valence-corrected chi connectivity index (χ1v) is 7.68. The van der Waals surface area contributed by atoms with E-state index >= 15 is 0 Å². The number of ether oxygens (including phenoxy) is 1. The van der Waals surface area contributed by atoms with Gasteiger partial charge in [0.25, 0.3) is 0 Å². The van der Waals surface area contributed by atoms with E-state index in [2.05, 4.69) is 5.32 Å². The van der Waals surface area contributed by atoms with Crippen molar-refractivity contribution in [3.63, 3.8) is 0 Å². The van der Waals surface area contributed by atoms with Gasteiger partial charge in [-0.15, -0.1) is 0 Å². The van der Waals surface area contributed by atoms with Crippen molar-refractivity contribution < 1.29 is 14.3 Å². The predicted molar refractivity (Wildman–Crippen MR) is 78.0 cm³/mol. The molecule has 116 valence electrons. The van der Waals surface area contributed by atoms with Gasteiger partial charge in [-0.2, -0.15) is 0 Å². The number of hydrogen-bond acceptors (Lipinski definition) is 4. The summed E-state index contributed by atoms with van der Waals surface area (Å²) in [6, 6.07) is -1.15. The molecule has 5 nitrogen and oxygen atoms in total. The van der Waals surface area contributed by atoms with E-state index in [4.69, 9.17) is 10.5 Å². The summed E-state index contributed by atoms with van der Waals surface area (Å²) in [5, 5.41) is 2.77. The Hall–Kier alpha value is -1.10. The van der Waals surface area contributed by atoms with Crippen LogP contribution in [0.4, 0.5) is 0 Å². The molecule has 1 aliphatic carbocycles. The number of carbonyl (C=O) groups excluding carboxylic acids is 2. The molecule has 5 heteroatoms. The average Bonchev–Trinajstić information content (AvgIpc) is 2.90. The second kappa shape index (κ2) is 8.25. The van der Waals surface area contributed by atoms with Crippen molar-refractivity contribution >= 4 is 11.9 Å². The highest BCUT2D eigenvalue weighted by molar-refractivity contribution is 5.87. The Morgan fingerprint density at radius 2 is 1.90 bits per heavy atom. The van der Waals surface area contributed by atoms with Crippen molar-refractivity contribution in [2.45, 2.75) is 65.0 Å². The Morgan fingerprint density at radius 1 is 1.30 bits per heavy atom. The molecule has 0 radical (unpaired) electrons. The molecule has 0 aromatic rings. The van der Waals surface area contributed by atoms with Gasteiger partial charge < -0.3 is 15.8 Å². The van der Waals surface area contributed by atoms with E-state index in [9.17, 15) is 9.59 Å². The zero-order valence-electron chi connectivity index (χ0n) is 12.9.